The Morgan fingerprint density at radius 3 is 2.38 bits per heavy atom. The molecule has 7 nitrogen and oxygen atoms in total. The fourth-order valence-electron chi connectivity index (χ4n) is 3.56. The fraction of sp³-hybridized carbons (Fsp3) is 0.611. The van der Waals surface area contributed by atoms with Gasteiger partial charge in [0.05, 0.1) is 24.7 Å². The third kappa shape index (κ3) is 4.48. The molecule has 0 saturated carbocycles. The van der Waals surface area contributed by atoms with Crippen molar-refractivity contribution >= 4 is 21.4 Å². The van der Waals surface area contributed by atoms with E-state index in [-0.39, 0.29) is 29.5 Å². The van der Waals surface area contributed by atoms with Gasteiger partial charge in [-0.15, -0.1) is 0 Å². The van der Waals surface area contributed by atoms with Gasteiger partial charge >= 0.3 is 0 Å². The number of methoxy groups -OCH3 is 1. The molecule has 26 heavy (non-hydrogen) atoms. The number of anilines is 1. The first-order chi connectivity index (χ1) is 12.4. The molecule has 2 aliphatic rings. The van der Waals surface area contributed by atoms with Gasteiger partial charge in [-0.1, -0.05) is 0 Å². The minimum Gasteiger partial charge on any atom is -0.497 e. The van der Waals surface area contributed by atoms with Crippen molar-refractivity contribution in [3.8, 4) is 5.75 Å². The van der Waals surface area contributed by atoms with Crippen LogP contribution < -0.4 is 15.0 Å². The van der Waals surface area contributed by atoms with E-state index < -0.39 is 9.84 Å². The molecule has 2 atom stereocenters. The van der Waals surface area contributed by atoms with E-state index in [0.717, 1.165) is 37.6 Å². The van der Waals surface area contributed by atoms with Crippen molar-refractivity contribution < 1.29 is 17.9 Å². The summed E-state index contributed by atoms with van der Waals surface area (Å²) in [5.41, 5.74) is 1.15. The number of nitrogens with zero attached hydrogens (tertiary/aromatic N) is 2. The SMILES string of the molecule is COc1ccc(N2CCN([C@H](C)C(=O)N[C@H]3CCS(=O)(=O)C3)CC2)cc1. The van der Waals surface area contributed by atoms with Crippen LogP contribution in [0.2, 0.25) is 0 Å². The second kappa shape index (κ2) is 7.84. The van der Waals surface area contributed by atoms with Gasteiger partial charge in [-0.3, -0.25) is 9.69 Å². The van der Waals surface area contributed by atoms with E-state index in [1.54, 1.807) is 7.11 Å². The van der Waals surface area contributed by atoms with Crippen LogP contribution in [0, 0.1) is 0 Å². The molecule has 1 N–H and O–H groups in total. The summed E-state index contributed by atoms with van der Waals surface area (Å²) in [6.07, 6.45) is 0.520. The van der Waals surface area contributed by atoms with Crippen LogP contribution in [0.5, 0.6) is 5.75 Å². The van der Waals surface area contributed by atoms with E-state index in [9.17, 15) is 13.2 Å². The molecule has 2 saturated heterocycles. The average Bonchev–Trinajstić information content (AvgIpc) is 2.99. The van der Waals surface area contributed by atoms with Crippen LogP contribution in [-0.2, 0) is 14.6 Å². The van der Waals surface area contributed by atoms with Crippen LogP contribution >= 0.6 is 0 Å². The summed E-state index contributed by atoms with van der Waals surface area (Å²) in [6.45, 7) is 5.18. The van der Waals surface area contributed by atoms with Crippen LogP contribution in [0.1, 0.15) is 13.3 Å². The molecule has 2 heterocycles. The minimum atomic E-state index is -2.98. The first-order valence-corrected chi connectivity index (χ1v) is 10.8. The van der Waals surface area contributed by atoms with Gasteiger partial charge in [0.25, 0.3) is 0 Å². The summed E-state index contributed by atoms with van der Waals surface area (Å²) in [5, 5.41) is 2.90. The van der Waals surface area contributed by atoms with Crippen LogP contribution in [0.15, 0.2) is 24.3 Å². The zero-order chi connectivity index (χ0) is 18.7. The number of amides is 1. The highest BCUT2D eigenvalue weighted by molar-refractivity contribution is 7.91. The Morgan fingerprint density at radius 2 is 1.85 bits per heavy atom. The molecule has 0 unspecified atom stereocenters. The maximum Gasteiger partial charge on any atom is 0.237 e. The van der Waals surface area contributed by atoms with Crippen molar-refractivity contribution in [3.05, 3.63) is 24.3 Å². The summed E-state index contributed by atoms with van der Waals surface area (Å²) >= 11 is 0. The second-order valence-corrected chi connectivity index (χ2v) is 9.23. The van der Waals surface area contributed by atoms with Crippen molar-refractivity contribution in [2.45, 2.75) is 25.4 Å². The van der Waals surface area contributed by atoms with Crippen molar-refractivity contribution in [1.82, 2.24) is 10.2 Å². The maximum atomic E-state index is 12.5. The number of piperazine rings is 1. The van der Waals surface area contributed by atoms with E-state index in [4.69, 9.17) is 4.74 Å². The first-order valence-electron chi connectivity index (χ1n) is 9.02. The third-order valence-corrected chi connectivity index (χ3v) is 7.03. The van der Waals surface area contributed by atoms with E-state index >= 15 is 0 Å². The monoisotopic (exact) mass is 381 g/mol. The van der Waals surface area contributed by atoms with Gasteiger partial charge in [0.1, 0.15) is 5.75 Å². The quantitative estimate of drug-likeness (QED) is 0.801. The Morgan fingerprint density at radius 1 is 1.19 bits per heavy atom. The number of nitrogens with one attached hydrogen (secondary N) is 1. The van der Waals surface area contributed by atoms with Gasteiger partial charge < -0.3 is 15.0 Å². The van der Waals surface area contributed by atoms with Gasteiger partial charge in [-0.05, 0) is 37.6 Å². The molecule has 2 fully saturated rings. The standard InChI is InChI=1S/C18H27N3O4S/c1-14(18(22)19-15-7-12-26(23,24)13-15)20-8-10-21(11-9-20)16-3-5-17(25-2)6-4-16/h3-6,14-15H,7-13H2,1-2H3,(H,19,22)/t14-,15+/m1/s1. The van der Waals surface area contributed by atoms with Crippen LogP contribution in [-0.4, -0.2) is 76.1 Å². The Labute approximate surface area is 155 Å². The number of ether oxygens (including phenoxy) is 1. The average molecular weight is 381 g/mol. The summed E-state index contributed by atoms with van der Waals surface area (Å²) in [6, 6.07) is 7.50. The molecule has 0 radical (unpaired) electrons. The molecule has 1 aromatic rings. The van der Waals surface area contributed by atoms with E-state index in [2.05, 4.69) is 15.1 Å². The number of rotatable bonds is 5. The van der Waals surface area contributed by atoms with Gasteiger partial charge in [0.15, 0.2) is 9.84 Å². The van der Waals surface area contributed by atoms with Gasteiger partial charge in [0.2, 0.25) is 5.91 Å². The predicted octanol–water partition coefficient (Wildman–Crippen LogP) is 0.509. The second-order valence-electron chi connectivity index (χ2n) is 7.01. The topological polar surface area (TPSA) is 79.0 Å². The number of carbonyl (C=O) groups is 1. The van der Waals surface area contributed by atoms with E-state index in [1.807, 2.05) is 31.2 Å². The molecule has 8 heteroatoms. The fourth-order valence-corrected chi connectivity index (χ4v) is 5.23. The Bertz CT molecular complexity index is 727. The van der Waals surface area contributed by atoms with E-state index in [1.165, 1.54) is 0 Å². The van der Waals surface area contributed by atoms with Gasteiger partial charge in [-0.2, -0.15) is 0 Å². The lowest BCUT2D eigenvalue weighted by Crippen LogP contribution is -2.55. The Hall–Kier alpha value is -1.80. The molecule has 2 aliphatic heterocycles. The number of hydrogen-bond acceptors (Lipinski definition) is 6. The molecule has 1 aromatic carbocycles. The summed E-state index contributed by atoms with van der Waals surface area (Å²) in [5.74, 6) is 1.00. The van der Waals surface area contributed by atoms with Crippen LogP contribution in [0.25, 0.3) is 0 Å². The van der Waals surface area contributed by atoms with Gasteiger partial charge in [0, 0.05) is 37.9 Å². The molecule has 3 rings (SSSR count). The molecule has 0 bridgehead atoms. The predicted molar refractivity (Wildman–Crippen MR) is 101 cm³/mol. The smallest absolute Gasteiger partial charge is 0.237 e. The lowest BCUT2D eigenvalue weighted by molar-refractivity contribution is -0.126. The zero-order valence-corrected chi connectivity index (χ0v) is 16.2. The van der Waals surface area contributed by atoms with Crippen LogP contribution in [0.4, 0.5) is 5.69 Å². The molecule has 1 amide bonds. The maximum absolute atomic E-state index is 12.5. The molecule has 0 spiro atoms. The number of sulfone groups is 1. The summed E-state index contributed by atoms with van der Waals surface area (Å²) in [7, 11) is -1.32. The number of carbonyl (C=O) groups excluding carboxylic acids is 1. The molecule has 0 aliphatic carbocycles. The molecular weight excluding hydrogens is 354 g/mol. The Kier molecular flexibility index (Phi) is 5.72. The normalized spacial score (nSPS) is 24.2. The lowest BCUT2D eigenvalue weighted by atomic mass is 10.1. The first kappa shape index (κ1) is 19.0. The third-order valence-electron chi connectivity index (χ3n) is 5.26. The number of hydrogen-bond donors (Lipinski definition) is 1. The highest BCUT2D eigenvalue weighted by Gasteiger charge is 2.32. The minimum absolute atomic E-state index is 0.0662. The largest absolute Gasteiger partial charge is 0.497 e. The highest BCUT2D eigenvalue weighted by Crippen LogP contribution is 2.21. The highest BCUT2D eigenvalue weighted by atomic mass is 32.2. The molecule has 0 aromatic heterocycles. The summed E-state index contributed by atoms with van der Waals surface area (Å²) < 4.78 is 28.3. The van der Waals surface area contributed by atoms with Crippen LogP contribution in [0.3, 0.4) is 0 Å². The van der Waals surface area contributed by atoms with Crippen molar-refractivity contribution in [2.24, 2.45) is 0 Å². The van der Waals surface area contributed by atoms with Crippen molar-refractivity contribution in [3.63, 3.8) is 0 Å². The molecule has 144 valence electrons. The van der Waals surface area contributed by atoms with Crippen molar-refractivity contribution in [2.75, 3.05) is 49.7 Å². The Balaban J connectivity index is 1.49. The number of benzene rings is 1. The summed E-state index contributed by atoms with van der Waals surface area (Å²) in [4.78, 5) is 16.9. The lowest BCUT2D eigenvalue weighted by Gasteiger charge is -2.38. The van der Waals surface area contributed by atoms with Gasteiger partial charge in [-0.25, -0.2) is 8.42 Å². The molecular formula is C18H27N3O4S. The van der Waals surface area contributed by atoms with E-state index in [0.29, 0.717) is 6.42 Å². The zero-order valence-electron chi connectivity index (χ0n) is 15.3. The van der Waals surface area contributed by atoms with Crippen molar-refractivity contribution in [1.29, 1.82) is 0 Å².